The molecule has 0 aliphatic carbocycles. The molecule has 0 radical (unpaired) electrons. The lowest BCUT2D eigenvalue weighted by Gasteiger charge is -2.44. The first kappa shape index (κ1) is 26.7. The third-order valence-corrected chi connectivity index (χ3v) is 6.80. The van der Waals surface area contributed by atoms with Gasteiger partial charge in [-0.3, -0.25) is 9.80 Å². The van der Waals surface area contributed by atoms with Gasteiger partial charge in [0.1, 0.15) is 11.5 Å². The Morgan fingerprint density at radius 3 is 2.43 bits per heavy atom. The number of alkyl halides is 5. The number of aromatic nitrogens is 2. The van der Waals surface area contributed by atoms with Crippen LogP contribution in [-0.2, 0) is 16.4 Å². The van der Waals surface area contributed by atoms with E-state index in [0.717, 1.165) is 4.90 Å². The summed E-state index contributed by atoms with van der Waals surface area (Å²) in [6.45, 7) is 2.39. The van der Waals surface area contributed by atoms with Crippen molar-refractivity contribution in [3.8, 4) is 0 Å². The maximum Gasteiger partial charge on any atom is 0.419 e. The van der Waals surface area contributed by atoms with Crippen molar-refractivity contribution in [2.45, 2.75) is 43.8 Å². The molecule has 0 bridgehead atoms. The number of piperidine rings is 1. The Bertz CT molecular complexity index is 1190. The zero-order valence-electron chi connectivity index (χ0n) is 20.4. The summed E-state index contributed by atoms with van der Waals surface area (Å²) in [5.74, 6) is -5.30. The zero-order valence-corrected chi connectivity index (χ0v) is 20.4. The minimum atomic E-state index is -4.61. The summed E-state index contributed by atoms with van der Waals surface area (Å²) in [5, 5.41) is 8.51. The van der Waals surface area contributed by atoms with Gasteiger partial charge in [0.05, 0.1) is 30.1 Å². The van der Waals surface area contributed by atoms with Crippen LogP contribution in [0.3, 0.4) is 0 Å². The van der Waals surface area contributed by atoms with E-state index in [1.54, 1.807) is 27.0 Å². The molecule has 2 aliphatic heterocycles. The Kier molecular flexibility index (Phi) is 6.84. The van der Waals surface area contributed by atoms with Gasteiger partial charge in [-0.2, -0.15) is 18.3 Å². The highest BCUT2D eigenvalue weighted by Gasteiger charge is 2.51. The van der Waals surface area contributed by atoms with Crippen LogP contribution in [0.5, 0.6) is 0 Å². The number of nitrogens with one attached hydrogen (secondary N) is 1. The van der Waals surface area contributed by atoms with E-state index in [0.29, 0.717) is 12.4 Å². The molecule has 37 heavy (non-hydrogen) atoms. The molecule has 1 fully saturated rings. The van der Waals surface area contributed by atoms with E-state index in [1.165, 1.54) is 23.2 Å². The van der Waals surface area contributed by atoms with Crippen molar-refractivity contribution >= 4 is 17.6 Å². The number of likely N-dealkylation sites (N-methyl/N-ethyl adjacent to an activating group) is 1. The number of amides is 1. The van der Waals surface area contributed by atoms with Crippen molar-refractivity contribution in [2.24, 2.45) is 11.0 Å². The number of carbonyl (C=O) groups excluding carboxylic acids is 1. The lowest BCUT2D eigenvalue weighted by molar-refractivity contribution is -0.145. The van der Waals surface area contributed by atoms with Gasteiger partial charge in [0, 0.05) is 38.0 Å². The number of rotatable bonds is 5. The number of likely N-dealkylation sites (tertiary alicyclic amines) is 1. The van der Waals surface area contributed by atoms with Crippen LogP contribution in [-0.4, -0.2) is 70.1 Å². The molecular weight excluding hydrogens is 502 g/mol. The van der Waals surface area contributed by atoms with Gasteiger partial charge in [-0.05, 0) is 18.9 Å². The zero-order chi connectivity index (χ0) is 27.2. The fourth-order valence-electron chi connectivity index (χ4n) is 5.03. The predicted molar refractivity (Wildman–Crippen MR) is 124 cm³/mol. The quantitative estimate of drug-likeness (QED) is 0.590. The summed E-state index contributed by atoms with van der Waals surface area (Å²) in [4.78, 5) is 22.1. The number of hydrazone groups is 1. The van der Waals surface area contributed by atoms with Crippen LogP contribution in [0.2, 0.25) is 0 Å². The summed E-state index contributed by atoms with van der Waals surface area (Å²) in [7, 11) is 1.60. The molecule has 7 nitrogen and oxygen atoms in total. The van der Waals surface area contributed by atoms with Crippen molar-refractivity contribution in [1.82, 2.24) is 19.9 Å². The Balaban J connectivity index is 1.61. The molecule has 4 rings (SSSR count). The van der Waals surface area contributed by atoms with E-state index in [9.17, 15) is 31.1 Å². The fourth-order valence-corrected chi connectivity index (χ4v) is 5.03. The van der Waals surface area contributed by atoms with E-state index in [2.05, 4.69) is 20.4 Å². The number of hydrogen-bond acceptors (Lipinski definition) is 6. The molecule has 13 heteroatoms. The molecule has 3 atom stereocenters. The Morgan fingerprint density at radius 1 is 1.16 bits per heavy atom. The minimum absolute atomic E-state index is 0.0687. The first-order valence-electron chi connectivity index (χ1n) is 11.6. The molecule has 1 N–H and O–H groups in total. The Hall–Kier alpha value is -3.38. The topological polar surface area (TPSA) is 73.7 Å². The van der Waals surface area contributed by atoms with Crippen molar-refractivity contribution < 1.29 is 31.1 Å². The predicted octanol–water partition coefficient (Wildman–Crippen LogP) is 4.18. The molecule has 2 unspecified atom stereocenters. The van der Waals surface area contributed by atoms with Crippen molar-refractivity contribution in [3.63, 3.8) is 0 Å². The maximum atomic E-state index is 14.8. The second-order valence-corrected chi connectivity index (χ2v) is 9.79. The Morgan fingerprint density at radius 2 is 1.81 bits per heavy atom. The molecule has 1 amide bonds. The van der Waals surface area contributed by atoms with E-state index in [1.807, 2.05) is 0 Å². The lowest BCUT2D eigenvalue weighted by atomic mass is 9.77. The Labute approximate surface area is 209 Å². The number of nitrogens with zero attached hydrogens (tertiary/aromatic N) is 5. The van der Waals surface area contributed by atoms with Crippen LogP contribution in [0.1, 0.15) is 31.4 Å². The number of carbonyl (C=O) groups is 1. The molecule has 1 aromatic heterocycles. The number of benzene rings is 1. The first-order valence-corrected chi connectivity index (χ1v) is 11.6. The first-order chi connectivity index (χ1) is 17.2. The number of halogens is 6. The smallest absolute Gasteiger partial charge is 0.352 e. The fraction of sp³-hybridized carbons (Fsp3) is 0.500. The summed E-state index contributed by atoms with van der Waals surface area (Å²) < 4.78 is 82.4. The molecular formula is C24H26F6N6O. The van der Waals surface area contributed by atoms with Crippen LogP contribution in [0.25, 0.3) is 0 Å². The second-order valence-electron chi connectivity index (χ2n) is 9.79. The summed E-state index contributed by atoms with van der Waals surface area (Å²) in [6, 6.07) is 5.15. The van der Waals surface area contributed by atoms with Crippen molar-refractivity contribution in [3.05, 3.63) is 53.6 Å². The molecule has 0 saturated carbocycles. The largest absolute Gasteiger partial charge is 0.419 e. The number of hydrogen-bond donors (Lipinski definition) is 1. The molecule has 3 heterocycles. The number of anilines is 1. The molecule has 0 spiro atoms. The average molecular weight is 529 g/mol. The molecule has 200 valence electrons. The highest BCUT2D eigenvalue weighted by atomic mass is 19.4. The van der Waals surface area contributed by atoms with Gasteiger partial charge >= 0.3 is 6.18 Å². The van der Waals surface area contributed by atoms with E-state index in [-0.39, 0.29) is 30.3 Å². The van der Waals surface area contributed by atoms with Crippen LogP contribution in [0.15, 0.2) is 41.8 Å². The average Bonchev–Trinajstić information content (AvgIpc) is 3.11. The second kappa shape index (κ2) is 9.49. The monoisotopic (exact) mass is 528 g/mol. The molecule has 2 aromatic rings. The van der Waals surface area contributed by atoms with Gasteiger partial charge in [-0.15, -0.1) is 0 Å². The summed E-state index contributed by atoms with van der Waals surface area (Å²) >= 11 is 0. The minimum Gasteiger partial charge on any atom is -0.352 e. The van der Waals surface area contributed by atoms with Gasteiger partial charge < -0.3 is 10.2 Å². The summed E-state index contributed by atoms with van der Waals surface area (Å²) in [5.41, 5.74) is -2.07. The third-order valence-electron chi connectivity index (χ3n) is 6.80. The molecule has 1 saturated heterocycles. The SMILES string of the molecule is C[C@@H]1CC(F)(F)CN(C(=O)C2=NN(C)CC2(C)c2ccccc2F)C1CNc1ncc(C(F)(F)F)cn1. The maximum absolute atomic E-state index is 14.8. The van der Waals surface area contributed by atoms with Crippen LogP contribution in [0, 0.1) is 11.7 Å². The lowest BCUT2D eigenvalue weighted by Crippen LogP contribution is -2.60. The highest BCUT2D eigenvalue weighted by Crippen LogP contribution is 2.38. The van der Waals surface area contributed by atoms with Crippen LogP contribution >= 0.6 is 0 Å². The van der Waals surface area contributed by atoms with E-state index in [4.69, 9.17) is 0 Å². The third kappa shape index (κ3) is 5.35. The molecule has 2 aliphatic rings. The van der Waals surface area contributed by atoms with Gasteiger partial charge in [-0.25, -0.2) is 23.1 Å². The standard InChI is InChI=1S/C24H26F6N6O/c1-14-8-23(26,27)13-36(18(14)11-33-21-31-9-15(10-32-21)24(28,29)30)20(37)19-22(2,12-35(3)34-19)16-6-4-5-7-17(16)25/h4-7,9-10,14,18H,8,11-13H2,1-3H3,(H,31,32,33)/t14-,18?,22?/m1/s1. The van der Waals surface area contributed by atoms with Crippen LogP contribution < -0.4 is 5.32 Å². The van der Waals surface area contributed by atoms with Gasteiger partial charge in [-0.1, -0.05) is 25.1 Å². The summed E-state index contributed by atoms with van der Waals surface area (Å²) in [6.07, 6.45) is -3.88. The molecule has 1 aromatic carbocycles. The van der Waals surface area contributed by atoms with Gasteiger partial charge in [0.15, 0.2) is 0 Å². The normalized spacial score (nSPS) is 25.7. The van der Waals surface area contributed by atoms with Crippen molar-refractivity contribution in [2.75, 3.05) is 32.0 Å². The van der Waals surface area contributed by atoms with Crippen molar-refractivity contribution in [1.29, 1.82) is 0 Å². The van der Waals surface area contributed by atoms with Gasteiger partial charge in [0.2, 0.25) is 5.95 Å². The van der Waals surface area contributed by atoms with E-state index >= 15 is 0 Å². The van der Waals surface area contributed by atoms with Crippen LogP contribution in [0.4, 0.5) is 32.3 Å². The van der Waals surface area contributed by atoms with Gasteiger partial charge in [0.25, 0.3) is 11.8 Å². The highest BCUT2D eigenvalue weighted by molar-refractivity contribution is 6.42. The van der Waals surface area contributed by atoms with E-state index < -0.39 is 59.7 Å².